The molecule has 0 saturated heterocycles. The Morgan fingerprint density at radius 3 is 2.54 bits per heavy atom. The molecule has 0 aliphatic carbocycles. The quantitative estimate of drug-likeness (QED) is 0.393. The van der Waals surface area contributed by atoms with E-state index < -0.39 is 0 Å². The van der Waals surface area contributed by atoms with E-state index in [2.05, 4.69) is 25.7 Å². The summed E-state index contributed by atoms with van der Waals surface area (Å²) < 4.78 is 0. The summed E-state index contributed by atoms with van der Waals surface area (Å²) in [5, 5.41) is 0. The predicted molar refractivity (Wildman–Crippen MR) is 60.9 cm³/mol. The highest BCUT2D eigenvalue weighted by Gasteiger charge is 1.99. The van der Waals surface area contributed by atoms with Gasteiger partial charge in [0.05, 0.1) is 0 Å². The minimum Gasteiger partial charge on any atom is -0.130 e. The molecule has 1 atom stereocenters. The van der Waals surface area contributed by atoms with Gasteiger partial charge in [0, 0.05) is 0 Å². The zero-order chi connectivity index (χ0) is 9.94. The molecule has 76 valence electrons. The van der Waals surface area contributed by atoms with Crippen LogP contribution < -0.4 is 0 Å². The molecule has 0 fully saturated rings. The Morgan fingerprint density at radius 1 is 1.23 bits per heavy atom. The maximum absolute atomic E-state index is 3.12. The van der Waals surface area contributed by atoms with Gasteiger partial charge in [0.25, 0.3) is 0 Å². The van der Waals surface area contributed by atoms with Gasteiger partial charge in [0.1, 0.15) is 0 Å². The molecule has 0 aliphatic rings. The third-order valence-electron chi connectivity index (χ3n) is 2.38. The van der Waals surface area contributed by atoms with E-state index in [1.807, 2.05) is 13.0 Å². The molecule has 0 aromatic rings. The van der Waals surface area contributed by atoms with Gasteiger partial charge in [-0.1, -0.05) is 39.5 Å². The summed E-state index contributed by atoms with van der Waals surface area (Å²) in [5.41, 5.74) is 3.12. The van der Waals surface area contributed by atoms with Crippen LogP contribution in [-0.4, -0.2) is 0 Å². The molecule has 0 N–H and O–H groups in total. The van der Waals surface area contributed by atoms with Crippen LogP contribution in [0.4, 0.5) is 0 Å². The summed E-state index contributed by atoms with van der Waals surface area (Å²) in [4.78, 5) is 0. The smallest absolute Gasteiger partial charge is 0.0274 e. The molecule has 0 aromatic heterocycles. The van der Waals surface area contributed by atoms with E-state index in [-0.39, 0.29) is 0 Å². The van der Waals surface area contributed by atoms with Crippen LogP contribution in [0.1, 0.15) is 59.3 Å². The number of hydrogen-bond donors (Lipinski definition) is 0. The molecular weight excluding hydrogens is 156 g/mol. The predicted octanol–water partition coefficient (Wildman–Crippen LogP) is 4.71. The zero-order valence-corrected chi connectivity index (χ0v) is 9.47. The van der Waals surface area contributed by atoms with Gasteiger partial charge in [-0.05, 0) is 37.8 Å². The van der Waals surface area contributed by atoms with Crippen LogP contribution in [0.2, 0.25) is 0 Å². The summed E-state index contributed by atoms with van der Waals surface area (Å²) in [5.74, 6) is 0.916. The van der Waals surface area contributed by atoms with Crippen molar-refractivity contribution < 1.29 is 0 Å². The lowest BCUT2D eigenvalue weighted by Gasteiger charge is -2.08. The highest BCUT2D eigenvalue weighted by molar-refractivity contribution is 4.81. The highest BCUT2D eigenvalue weighted by Crippen LogP contribution is 2.14. The van der Waals surface area contributed by atoms with Gasteiger partial charge in [0.15, 0.2) is 0 Å². The molecule has 0 radical (unpaired) electrons. The fourth-order valence-corrected chi connectivity index (χ4v) is 1.47. The Balaban J connectivity index is 3.26. The van der Waals surface area contributed by atoms with Gasteiger partial charge in [-0.25, -0.2) is 0 Å². The van der Waals surface area contributed by atoms with E-state index in [0.717, 1.165) is 5.92 Å². The first-order valence-corrected chi connectivity index (χ1v) is 5.66. The van der Waals surface area contributed by atoms with Crippen LogP contribution in [0.25, 0.3) is 0 Å². The van der Waals surface area contributed by atoms with Gasteiger partial charge in [-0.2, -0.15) is 0 Å². The van der Waals surface area contributed by atoms with Gasteiger partial charge in [0.2, 0.25) is 0 Å². The Kier molecular flexibility index (Phi) is 9.25. The third-order valence-corrected chi connectivity index (χ3v) is 2.38. The molecule has 0 aliphatic heterocycles. The Hall–Kier alpha value is -0.480. The van der Waals surface area contributed by atoms with Crippen molar-refractivity contribution in [2.24, 2.45) is 5.92 Å². The van der Waals surface area contributed by atoms with Crippen LogP contribution in [0.3, 0.4) is 0 Å². The summed E-state index contributed by atoms with van der Waals surface area (Å²) in [6, 6.07) is 0. The zero-order valence-electron chi connectivity index (χ0n) is 9.47. The lowest BCUT2D eigenvalue weighted by Crippen LogP contribution is -1.93. The molecule has 13 heavy (non-hydrogen) atoms. The van der Waals surface area contributed by atoms with Crippen molar-refractivity contribution in [2.75, 3.05) is 0 Å². The Morgan fingerprint density at radius 2 is 1.92 bits per heavy atom. The minimum atomic E-state index is 0.916. The average Bonchev–Trinajstić information content (AvgIpc) is 2.14. The van der Waals surface area contributed by atoms with Crippen LogP contribution in [0.5, 0.6) is 0 Å². The van der Waals surface area contributed by atoms with Crippen LogP contribution >= 0.6 is 0 Å². The SMILES string of the molecule is CC=C=CCCCC(C)CCCC. The van der Waals surface area contributed by atoms with E-state index in [4.69, 9.17) is 0 Å². The van der Waals surface area contributed by atoms with Gasteiger partial charge < -0.3 is 0 Å². The molecule has 0 bridgehead atoms. The fourth-order valence-electron chi connectivity index (χ4n) is 1.47. The van der Waals surface area contributed by atoms with E-state index in [9.17, 15) is 0 Å². The molecule has 0 heteroatoms. The minimum absolute atomic E-state index is 0.916. The van der Waals surface area contributed by atoms with Crippen molar-refractivity contribution in [3.05, 3.63) is 17.9 Å². The van der Waals surface area contributed by atoms with E-state index >= 15 is 0 Å². The normalized spacial score (nSPS) is 11.9. The first-order chi connectivity index (χ1) is 6.31. The lowest BCUT2D eigenvalue weighted by atomic mass is 9.98. The van der Waals surface area contributed by atoms with Crippen LogP contribution in [0, 0.1) is 5.92 Å². The van der Waals surface area contributed by atoms with Crippen molar-refractivity contribution in [1.82, 2.24) is 0 Å². The summed E-state index contributed by atoms with van der Waals surface area (Å²) in [6.45, 7) is 6.65. The van der Waals surface area contributed by atoms with Crippen LogP contribution in [-0.2, 0) is 0 Å². The highest BCUT2D eigenvalue weighted by atomic mass is 14.0. The molecule has 0 rings (SSSR count). The monoisotopic (exact) mass is 180 g/mol. The number of rotatable bonds is 7. The molecule has 0 amide bonds. The second-order valence-electron chi connectivity index (χ2n) is 3.84. The van der Waals surface area contributed by atoms with E-state index in [1.165, 1.54) is 38.5 Å². The average molecular weight is 180 g/mol. The van der Waals surface area contributed by atoms with Gasteiger partial charge in [-0.3, -0.25) is 0 Å². The topological polar surface area (TPSA) is 0 Å². The van der Waals surface area contributed by atoms with E-state index in [1.54, 1.807) is 0 Å². The molecule has 0 spiro atoms. The third kappa shape index (κ3) is 9.43. The number of unbranched alkanes of at least 4 members (excludes halogenated alkanes) is 2. The maximum Gasteiger partial charge on any atom is -0.0274 e. The second kappa shape index (κ2) is 9.61. The number of hydrogen-bond acceptors (Lipinski definition) is 0. The molecule has 1 unspecified atom stereocenters. The summed E-state index contributed by atoms with van der Waals surface area (Å²) >= 11 is 0. The van der Waals surface area contributed by atoms with Crippen molar-refractivity contribution in [1.29, 1.82) is 0 Å². The van der Waals surface area contributed by atoms with Crippen molar-refractivity contribution in [3.63, 3.8) is 0 Å². The van der Waals surface area contributed by atoms with Crippen molar-refractivity contribution >= 4 is 0 Å². The van der Waals surface area contributed by atoms with Crippen molar-refractivity contribution in [2.45, 2.75) is 59.3 Å². The van der Waals surface area contributed by atoms with Crippen LogP contribution in [0.15, 0.2) is 17.9 Å². The van der Waals surface area contributed by atoms with Gasteiger partial charge >= 0.3 is 0 Å². The summed E-state index contributed by atoms with van der Waals surface area (Å²) in [7, 11) is 0. The first kappa shape index (κ1) is 12.5. The Bertz CT molecular complexity index is 149. The summed E-state index contributed by atoms with van der Waals surface area (Å²) in [6.07, 6.45) is 12.2. The molecule has 0 aromatic carbocycles. The maximum atomic E-state index is 3.12. The van der Waals surface area contributed by atoms with Crippen molar-refractivity contribution in [3.8, 4) is 0 Å². The number of allylic oxidation sites excluding steroid dienone is 1. The standard InChI is InChI=1S/C13H24/c1-4-6-8-9-10-12-13(3)11-7-5-2/h4,8,13H,5,7,9-12H2,1-3H3. The fraction of sp³-hybridized carbons (Fsp3) is 0.769. The molecule has 0 saturated carbocycles. The Labute approximate surface area is 83.7 Å². The second-order valence-corrected chi connectivity index (χ2v) is 3.84. The van der Waals surface area contributed by atoms with Gasteiger partial charge in [-0.15, -0.1) is 5.73 Å². The first-order valence-electron chi connectivity index (χ1n) is 5.66. The molecule has 0 nitrogen and oxygen atoms in total. The largest absolute Gasteiger partial charge is 0.130 e. The molecular formula is C13H24. The van der Waals surface area contributed by atoms with E-state index in [0.29, 0.717) is 0 Å². The lowest BCUT2D eigenvalue weighted by molar-refractivity contribution is 0.459. The molecule has 0 heterocycles.